The maximum Gasteiger partial charge on any atom is 0.441 e. The minimum Gasteiger partial charge on any atom is -0.485 e. The summed E-state index contributed by atoms with van der Waals surface area (Å²) in [5, 5.41) is 0. The summed E-state index contributed by atoms with van der Waals surface area (Å²) >= 11 is 0. The number of rotatable bonds is 9. The normalized spacial score (nSPS) is 10.8. The Morgan fingerprint density at radius 3 is 1.89 bits per heavy atom. The first-order valence-corrected chi connectivity index (χ1v) is 11.4. The van der Waals surface area contributed by atoms with E-state index in [1.54, 1.807) is 20.8 Å². The topological polar surface area (TPSA) is 83.1 Å². The molecule has 0 aliphatic heterocycles. The van der Waals surface area contributed by atoms with Crippen molar-refractivity contribution in [2.45, 2.75) is 52.4 Å². The molecule has 7 heteroatoms. The van der Waals surface area contributed by atoms with Crippen LogP contribution in [0.3, 0.4) is 0 Å². The molecule has 0 saturated heterocycles. The Morgan fingerprint density at radius 1 is 0.743 bits per heavy atom. The Hall–Kier alpha value is -4.00. The predicted octanol–water partition coefficient (Wildman–Crippen LogP) is 5.76. The number of hydrogen-bond acceptors (Lipinski definition) is 6. The first-order valence-electron chi connectivity index (χ1n) is 11.4. The van der Waals surface area contributed by atoms with Crippen LogP contribution in [0.15, 0.2) is 78.9 Å². The van der Waals surface area contributed by atoms with Gasteiger partial charge in [0.05, 0.1) is 6.42 Å². The van der Waals surface area contributed by atoms with E-state index in [1.165, 1.54) is 0 Å². The second-order valence-corrected chi connectivity index (χ2v) is 8.91. The number of amides is 1. The Balaban J connectivity index is 1.60. The summed E-state index contributed by atoms with van der Waals surface area (Å²) in [5.74, 6) is 0.622. The van der Waals surface area contributed by atoms with Gasteiger partial charge in [0.2, 0.25) is 0 Å². The van der Waals surface area contributed by atoms with Crippen molar-refractivity contribution in [1.82, 2.24) is 5.48 Å². The third kappa shape index (κ3) is 9.41. The Morgan fingerprint density at radius 2 is 1.31 bits per heavy atom. The summed E-state index contributed by atoms with van der Waals surface area (Å²) in [6, 6.07) is 25.3. The number of carbonyl (C=O) groups is 2. The van der Waals surface area contributed by atoms with Crippen LogP contribution in [-0.2, 0) is 34.0 Å². The van der Waals surface area contributed by atoms with Crippen molar-refractivity contribution >= 4 is 12.1 Å². The van der Waals surface area contributed by atoms with Gasteiger partial charge in [0.25, 0.3) is 0 Å². The van der Waals surface area contributed by atoms with Gasteiger partial charge in [0, 0.05) is 0 Å². The first kappa shape index (κ1) is 25.6. The number of hydrogen-bond donors (Lipinski definition) is 1. The second-order valence-electron chi connectivity index (χ2n) is 8.91. The number of benzene rings is 3. The third-order valence-electron chi connectivity index (χ3n) is 4.75. The van der Waals surface area contributed by atoms with Gasteiger partial charge in [-0.05, 0) is 56.0 Å². The van der Waals surface area contributed by atoms with Crippen molar-refractivity contribution < 1.29 is 28.6 Å². The summed E-state index contributed by atoms with van der Waals surface area (Å²) in [4.78, 5) is 28.5. The van der Waals surface area contributed by atoms with E-state index in [9.17, 15) is 9.59 Å². The fourth-order valence-corrected chi connectivity index (χ4v) is 3.11. The van der Waals surface area contributed by atoms with Crippen LogP contribution in [0.5, 0.6) is 11.5 Å². The minimum atomic E-state index is -0.817. The molecule has 0 saturated carbocycles. The molecular formula is C28H31NO6. The van der Waals surface area contributed by atoms with Crippen LogP contribution in [0.4, 0.5) is 4.79 Å². The highest BCUT2D eigenvalue weighted by Gasteiger charge is 2.17. The van der Waals surface area contributed by atoms with E-state index in [2.05, 4.69) is 0 Å². The predicted molar refractivity (Wildman–Crippen MR) is 132 cm³/mol. The monoisotopic (exact) mass is 477 g/mol. The molecule has 0 unspecified atom stereocenters. The smallest absolute Gasteiger partial charge is 0.441 e. The molecular weight excluding hydrogens is 446 g/mol. The highest BCUT2D eigenvalue weighted by molar-refractivity contribution is 5.73. The molecule has 1 amide bonds. The zero-order valence-corrected chi connectivity index (χ0v) is 20.3. The van der Waals surface area contributed by atoms with Crippen LogP contribution < -0.4 is 15.0 Å². The van der Waals surface area contributed by atoms with Crippen molar-refractivity contribution in [3.63, 3.8) is 0 Å². The minimum absolute atomic E-state index is 0.0676. The lowest BCUT2D eigenvalue weighted by atomic mass is 10.1. The van der Waals surface area contributed by atoms with Gasteiger partial charge in [-0.3, -0.25) is 0 Å². The summed E-state index contributed by atoms with van der Waals surface area (Å²) in [6.45, 7) is 5.95. The summed E-state index contributed by atoms with van der Waals surface area (Å²) in [7, 11) is 0. The van der Waals surface area contributed by atoms with Gasteiger partial charge >= 0.3 is 12.1 Å². The summed E-state index contributed by atoms with van der Waals surface area (Å²) in [5.41, 5.74) is 4.28. The lowest BCUT2D eigenvalue weighted by Crippen LogP contribution is -2.34. The fraction of sp³-hybridized carbons (Fsp3) is 0.286. The molecule has 0 spiro atoms. The van der Waals surface area contributed by atoms with Crippen molar-refractivity contribution in [3.8, 4) is 11.5 Å². The Bertz CT molecular complexity index is 1090. The van der Waals surface area contributed by atoms with Gasteiger partial charge < -0.3 is 19.0 Å². The average Bonchev–Trinajstić information content (AvgIpc) is 2.84. The number of hydroxylamine groups is 1. The molecule has 0 aliphatic rings. The fourth-order valence-electron chi connectivity index (χ4n) is 3.11. The van der Waals surface area contributed by atoms with Crippen molar-refractivity contribution in [1.29, 1.82) is 0 Å². The molecule has 0 fully saturated rings. The molecule has 3 aromatic rings. The van der Waals surface area contributed by atoms with Gasteiger partial charge in [0.1, 0.15) is 18.8 Å². The van der Waals surface area contributed by atoms with E-state index in [0.29, 0.717) is 31.1 Å². The lowest BCUT2D eigenvalue weighted by molar-refractivity contribution is -0.150. The quantitative estimate of drug-likeness (QED) is 0.395. The van der Waals surface area contributed by atoms with Crippen LogP contribution >= 0.6 is 0 Å². The van der Waals surface area contributed by atoms with Gasteiger partial charge in [-0.25, -0.2) is 9.59 Å². The number of ether oxygens (including phenoxy) is 3. The SMILES string of the molecule is CC(C)(C)OC(=O)NOC(=O)CCc1ccc(OCc2ccccc2)c(OCc2ccccc2)c1. The van der Waals surface area contributed by atoms with E-state index in [0.717, 1.165) is 16.7 Å². The zero-order chi connectivity index (χ0) is 25.1. The molecule has 0 atom stereocenters. The number of carbonyl (C=O) groups excluding carboxylic acids is 2. The first-order chi connectivity index (χ1) is 16.8. The van der Waals surface area contributed by atoms with Crippen LogP contribution in [0.1, 0.15) is 43.9 Å². The van der Waals surface area contributed by atoms with Crippen LogP contribution in [0.2, 0.25) is 0 Å². The average molecular weight is 478 g/mol. The van der Waals surface area contributed by atoms with E-state index in [1.807, 2.05) is 84.3 Å². The van der Waals surface area contributed by atoms with Crippen LogP contribution in [-0.4, -0.2) is 17.7 Å². The maximum absolute atomic E-state index is 12.1. The van der Waals surface area contributed by atoms with Crippen molar-refractivity contribution in [3.05, 3.63) is 95.6 Å². The molecule has 0 heterocycles. The molecule has 0 aliphatic carbocycles. The zero-order valence-electron chi connectivity index (χ0n) is 20.3. The highest BCUT2D eigenvalue weighted by atomic mass is 16.7. The standard InChI is InChI=1S/C28H31NO6/c1-28(2,3)34-27(31)29-35-26(30)17-15-21-14-16-24(32-19-22-10-6-4-7-11-22)25(18-21)33-20-23-12-8-5-9-13-23/h4-14,16,18H,15,17,19-20H2,1-3H3,(H,29,31). The largest absolute Gasteiger partial charge is 0.485 e. The van der Waals surface area contributed by atoms with Crippen LogP contribution in [0, 0.1) is 0 Å². The Labute approximate surface area is 205 Å². The number of aryl methyl sites for hydroxylation is 1. The van der Waals surface area contributed by atoms with Crippen molar-refractivity contribution in [2.75, 3.05) is 0 Å². The lowest BCUT2D eigenvalue weighted by Gasteiger charge is -2.19. The Kier molecular flexibility index (Phi) is 9.12. The van der Waals surface area contributed by atoms with Gasteiger partial charge in [0.15, 0.2) is 11.5 Å². The molecule has 0 radical (unpaired) electrons. The summed E-state index contributed by atoms with van der Waals surface area (Å²) in [6.07, 6.45) is -0.351. The van der Waals surface area contributed by atoms with Crippen LogP contribution in [0.25, 0.3) is 0 Å². The van der Waals surface area contributed by atoms with Gasteiger partial charge in [-0.15, -0.1) is 5.48 Å². The third-order valence-corrected chi connectivity index (χ3v) is 4.75. The molecule has 3 rings (SSSR count). The van der Waals surface area contributed by atoms with E-state index in [-0.39, 0.29) is 6.42 Å². The second kappa shape index (κ2) is 12.5. The molecule has 184 valence electrons. The van der Waals surface area contributed by atoms with Crippen molar-refractivity contribution in [2.24, 2.45) is 0 Å². The van der Waals surface area contributed by atoms with E-state index < -0.39 is 17.7 Å². The highest BCUT2D eigenvalue weighted by Crippen LogP contribution is 2.30. The van der Waals surface area contributed by atoms with E-state index >= 15 is 0 Å². The molecule has 0 aromatic heterocycles. The van der Waals surface area contributed by atoms with Gasteiger partial charge in [-0.1, -0.05) is 66.7 Å². The van der Waals surface area contributed by atoms with E-state index in [4.69, 9.17) is 19.0 Å². The number of nitrogens with one attached hydrogen (secondary N) is 1. The molecule has 3 aromatic carbocycles. The molecule has 0 bridgehead atoms. The maximum atomic E-state index is 12.1. The molecule has 7 nitrogen and oxygen atoms in total. The summed E-state index contributed by atoms with van der Waals surface area (Å²) < 4.78 is 17.1. The molecule has 35 heavy (non-hydrogen) atoms. The van der Waals surface area contributed by atoms with Gasteiger partial charge in [-0.2, -0.15) is 0 Å². The molecule has 1 N–H and O–H groups in total.